The molecular weight excluding hydrogens is 457 g/mol. The van der Waals surface area contributed by atoms with Gasteiger partial charge in [0.1, 0.15) is 6.61 Å². The topological polar surface area (TPSA) is 44.8 Å². The molecule has 0 fully saturated rings. The van der Waals surface area contributed by atoms with Crippen molar-refractivity contribution in [2.45, 2.75) is 43.3 Å². The fourth-order valence-electron chi connectivity index (χ4n) is 1.10. The molecule has 0 aliphatic carbocycles. The van der Waals surface area contributed by atoms with E-state index >= 15 is 0 Å². The first-order valence-corrected chi connectivity index (χ1v) is 7.22. The number of halogens is 14. The standard InChI is InChI=1S/C8H5F14O4P/c9-2(10)1-24-27(23,25-3(5(11,12)13)6(14,15)16)26-4(7(17,18)19)8(20,21)22/h2-4H,1H2. The Morgan fingerprint density at radius 2 is 0.889 bits per heavy atom. The lowest BCUT2D eigenvalue weighted by molar-refractivity contribution is -0.317. The van der Waals surface area contributed by atoms with Gasteiger partial charge in [-0.05, 0) is 0 Å². The zero-order chi connectivity index (χ0) is 22.1. The lowest BCUT2D eigenvalue weighted by Gasteiger charge is -2.30. The van der Waals surface area contributed by atoms with Gasteiger partial charge in [-0.1, -0.05) is 0 Å². The highest BCUT2D eigenvalue weighted by Crippen LogP contribution is 2.58. The second-order valence-corrected chi connectivity index (χ2v) is 5.85. The number of phosphoric acid groups is 1. The Balaban J connectivity index is 6.01. The minimum Gasteiger partial charge on any atom is -0.281 e. The van der Waals surface area contributed by atoms with E-state index in [2.05, 4.69) is 13.6 Å². The first kappa shape index (κ1) is 26.1. The largest absolute Gasteiger partial charge is 0.476 e. The van der Waals surface area contributed by atoms with E-state index in [1.165, 1.54) is 0 Å². The van der Waals surface area contributed by atoms with Gasteiger partial charge in [-0.2, -0.15) is 52.7 Å². The van der Waals surface area contributed by atoms with Crippen LogP contribution in [-0.4, -0.2) is 49.9 Å². The van der Waals surface area contributed by atoms with E-state index in [4.69, 9.17) is 0 Å². The quantitative estimate of drug-likeness (QED) is 0.376. The van der Waals surface area contributed by atoms with Gasteiger partial charge in [0.25, 0.3) is 18.6 Å². The average molecular weight is 462 g/mol. The molecule has 0 atom stereocenters. The monoisotopic (exact) mass is 462 g/mol. The van der Waals surface area contributed by atoms with E-state index in [1.54, 1.807) is 0 Å². The van der Waals surface area contributed by atoms with Crippen LogP contribution in [0.2, 0.25) is 0 Å². The van der Waals surface area contributed by atoms with E-state index in [9.17, 15) is 66.0 Å². The predicted octanol–water partition coefficient (Wildman–Crippen LogP) is 5.40. The number of phosphoric ester groups is 1. The van der Waals surface area contributed by atoms with Crippen molar-refractivity contribution in [3.05, 3.63) is 0 Å². The van der Waals surface area contributed by atoms with Crippen molar-refractivity contribution < 1.29 is 79.6 Å². The normalized spacial score (nSPS) is 15.3. The third-order valence-corrected chi connectivity index (χ3v) is 3.42. The van der Waals surface area contributed by atoms with Gasteiger partial charge in [-0.25, -0.2) is 13.3 Å². The summed E-state index contributed by atoms with van der Waals surface area (Å²) in [5.41, 5.74) is 0. The van der Waals surface area contributed by atoms with Crippen LogP contribution in [0.1, 0.15) is 0 Å². The molecule has 0 unspecified atom stereocenters. The van der Waals surface area contributed by atoms with Crippen molar-refractivity contribution in [2.24, 2.45) is 0 Å². The first-order chi connectivity index (χ1) is 11.6. The molecule has 0 spiro atoms. The second kappa shape index (κ2) is 8.24. The van der Waals surface area contributed by atoms with Gasteiger partial charge in [0.2, 0.25) is 0 Å². The maximum absolute atomic E-state index is 12.3. The van der Waals surface area contributed by atoms with Crippen LogP contribution in [-0.2, 0) is 18.1 Å². The molecule has 0 aromatic carbocycles. The molecule has 0 amide bonds. The average Bonchev–Trinajstić information content (AvgIpc) is 2.35. The summed E-state index contributed by atoms with van der Waals surface area (Å²) in [6, 6.07) is 0. The van der Waals surface area contributed by atoms with Crippen molar-refractivity contribution in [3.63, 3.8) is 0 Å². The minimum atomic E-state index is -7.13. The van der Waals surface area contributed by atoms with E-state index in [0.29, 0.717) is 0 Å². The van der Waals surface area contributed by atoms with Crippen molar-refractivity contribution in [1.29, 1.82) is 0 Å². The second-order valence-electron chi connectivity index (χ2n) is 4.27. The van der Waals surface area contributed by atoms with Crippen LogP contribution in [0, 0.1) is 0 Å². The molecule has 0 heterocycles. The van der Waals surface area contributed by atoms with Crippen molar-refractivity contribution >= 4 is 7.82 Å². The molecule has 0 saturated heterocycles. The molecule has 0 rings (SSSR count). The van der Waals surface area contributed by atoms with Crippen LogP contribution in [0.4, 0.5) is 61.5 Å². The van der Waals surface area contributed by atoms with Crippen molar-refractivity contribution in [3.8, 4) is 0 Å². The molecule has 27 heavy (non-hydrogen) atoms. The molecule has 0 aliphatic heterocycles. The van der Waals surface area contributed by atoms with Crippen LogP contribution in [0.3, 0.4) is 0 Å². The summed E-state index contributed by atoms with van der Waals surface area (Å²) in [5.74, 6) is 0. The Morgan fingerprint density at radius 1 is 0.630 bits per heavy atom. The number of rotatable bonds is 7. The molecule has 19 heteroatoms. The molecule has 0 bridgehead atoms. The molecular formula is C8H5F14O4P. The SMILES string of the molecule is O=P(OCC(F)F)(OC(C(F)(F)F)C(F)(F)F)OC(C(F)(F)F)C(F)(F)F. The highest BCUT2D eigenvalue weighted by atomic mass is 31.2. The van der Waals surface area contributed by atoms with Gasteiger partial charge in [0, 0.05) is 0 Å². The Bertz CT molecular complexity index is 453. The first-order valence-electron chi connectivity index (χ1n) is 5.76. The molecule has 0 aromatic heterocycles. The van der Waals surface area contributed by atoms with E-state index in [0.717, 1.165) is 0 Å². The predicted molar refractivity (Wildman–Crippen MR) is 53.5 cm³/mol. The lowest BCUT2D eigenvalue weighted by Crippen LogP contribution is -2.46. The summed E-state index contributed by atoms with van der Waals surface area (Å²) in [5, 5.41) is 0. The summed E-state index contributed by atoms with van der Waals surface area (Å²) < 4.78 is 191. The van der Waals surface area contributed by atoms with Gasteiger partial charge in [0.05, 0.1) is 0 Å². The number of hydrogen-bond acceptors (Lipinski definition) is 4. The molecule has 0 aliphatic rings. The molecule has 0 radical (unpaired) electrons. The molecule has 4 nitrogen and oxygen atoms in total. The molecule has 0 N–H and O–H groups in total. The Kier molecular flexibility index (Phi) is 7.98. The number of hydrogen-bond donors (Lipinski definition) is 0. The molecule has 0 saturated carbocycles. The summed E-state index contributed by atoms with van der Waals surface area (Å²) in [4.78, 5) is 0. The van der Waals surface area contributed by atoms with Crippen LogP contribution >= 0.6 is 7.82 Å². The maximum Gasteiger partial charge on any atom is 0.476 e. The summed E-state index contributed by atoms with van der Waals surface area (Å²) in [6.07, 6.45) is -40.8. The van der Waals surface area contributed by atoms with Gasteiger partial charge in [-0.3, -0.25) is 13.6 Å². The highest BCUT2D eigenvalue weighted by molar-refractivity contribution is 7.48. The third-order valence-electron chi connectivity index (χ3n) is 2.02. The van der Waals surface area contributed by atoms with E-state index < -0.39 is 57.8 Å². The number of alkyl halides is 14. The fraction of sp³-hybridized carbons (Fsp3) is 1.00. The van der Waals surface area contributed by atoms with Crippen LogP contribution in [0.5, 0.6) is 0 Å². The van der Waals surface area contributed by atoms with Gasteiger partial charge in [-0.15, -0.1) is 0 Å². The lowest BCUT2D eigenvalue weighted by atomic mass is 10.3. The fourth-order valence-corrected chi connectivity index (χ4v) is 2.56. The Labute approximate surface area is 139 Å². The Morgan fingerprint density at radius 3 is 1.07 bits per heavy atom. The smallest absolute Gasteiger partial charge is 0.281 e. The van der Waals surface area contributed by atoms with E-state index in [1.807, 2.05) is 0 Å². The van der Waals surface area contributed by atoms with Crippen molar-refractivity contribution in [2.75, 3.05) is 6.61 Å². The van der Waals surface area contributed by atoms with Gasteiger partial charge in [0.15, 0.2) is 0 Å². The maximum atomic E-state index is 12.3. The minimum absolute atomic E-state index is 2.47. The summed E-state index contributed by atoms with van der Waals surface area (Å²) in [7, 11) is -7.13. The summed E-state index contributed by atoms with van der Waals surface area (Å²) in [6.45, 7) is -2.47. The van der Waals surface area contributed by atoms with E-state index in [-0.39, 0.29) is 0 Å². The highest BCUT2D eigenvalue weighted by Gasteiger charge is 2.65. The summed E-state index contributed by atoms with van der Waals surface area (Å²) >= 11 is 0. The zero-order valence-corrected chi connectivity index (χ0v) is 12.7. The van der Waals surface area contributed by atoms with Crippen LogP contribution < -0.4 is 0 Å². The zero-order valence-electron chi connectivity index (χ0n) is 11.8. The van der Waals surface area contributed by atoms with Crippen molar-refractivity contribution in [1.82, 2.24) is 0 Å². The van der Waals surface area contributed by atoms with Crippen LogP contribution in [0.15, 0.2) is 0 Å². The van der Waals surface area contributed by atoms with Gasteiger partial charge >= 0.3 is 32.5 Å². The molecule has 164 valence electrons. The molecule has 0 aromatic rings. The third kappa shape index (κ3) is 8.78. The van der Waals surface area contributed by atoms with Crippen LogP contribution in [0.25, 0.3) is 0 Å². The Hall–Kier alpha value is -0.870. The van der Waals surface area contributed by atoms with Gasteiger partial charge < -0.3 is 0 Å².